The van der Waals surface area contributed by atoms with Crippen molar-refractivity contribution >= 4 is 0 Å². The van der Waals surface area contributed by atoms with Crippen molar-refractivity contribution in [1.82, 2.24) is 0 Å². The number of benzene rings is 1. The van der Waals surface area contributed by atoms with Gasteiger partial charge in [0, 0.05) is 6.04 Å². The van der Waals surface area contributed by atoms with Crippen LogP contribution in [0.3, 0.4) is 0 Å². The molecule has 110 valence electrons. The fraction of sp³-hybridized carbons (Fsp3) is 0.684. The van der Waals surface area contributed by atoms with Gasteiger partial charge in [-0.2, -0.15) is 0 Å². The van der Waals surface area contributed by atoms with Crippen LogP contribution in [0, 0.1) is 11.8 Å². The Kier molecular flexibility index (Phi) is 4.45. The topological polar surface area (TPSA) is 26.0 Å². The van der Waals surface area contributed by atoms with Crippen LogP contribution < -0.4 is 5.73 Å². The van der Waals surface area contributed by atoms with Gasteiger partial charge < -0.3 is 5.73 Å². The van der Waals surface area contributed by atoms with Crippen molar-refractivity contribution in [2.75, 3.05) is 0 Å². The highest BCUT2D eigenvalue weighted by Crippen LogP contribution is 2.39. The summed E-state index contributed by atoms with van der Waals surface area (Å²) in [6.07, 6.45) is 10.9. The molecule has 0 aliphatic heterocycles. The summed E-state index contributed by atoms with van der Waals surface area (Å²) in [4.78, 5) is 0. The SMILES string of the molecule is CCC1CCCC(C(N)c2ccc(C3CCC3)cc2)C1. The van der Waals surface area contributed by atoms with Crippen molar-refractivity contribution in [2.24, 2.45) is 17.6 Å². The molecule has 20 heavy (non-hydrogen) atoms. The van der Waals surface area contributed by atoms with E-state index in [0.717, 1.165) is 11.8 Å². The second kappa shape index (κ2) is 6.30. The summed E-state index contributed by atoms with van der Waals surface area (Å²) in [6.45, 7) is 2.33. The largest absolute Gasteiger partial charge is 0.324 e. The molecule has 2 N–H and O–H groups in total. The van der Waals surface area contributed by atoms with Gasteiger partial charge >= 0.3 is 0 Å². The van der Waals surface area contributed by atoms with Crippen LogP contribution >= 0.6 is 0 Å². The van der Waals surface area contributed by atoms with Crippen LogP contribution in [0.1, 0.15) is 81.4 Å². The first-order valence-corrected chi connectivity index (χ1v) is 8.63. The highest BCUT2D eigenvalue weighted by atomic mass is 14.7. The van der Waals surface area contributed by atoms with Gasteiger partial charge in [0.25, 0.3) is 0 Å². The van der Waals surface area contributed by atoms with Crippen molar-refractivity contribution in [1.29, 1.82) is 0 Å². The minimum Gasteiger partial charge on any atom is -0.324 e. The highest BCUT2D eigenvalue weighted by molar-refractivity contribution is 5.28. The number of hydrogen-bond donors (Lipinski definition) is 1. The van der Waals surface area contributed by atoms with Gasteiger partial charge in [-0.15, -0.1) is 0 Å². The van der Waals surface area contributed by atoms with E-state index in [1.54, 1.807) is 0 Å². The Morgan fingerprint density at radius 1 is 1.05 bits per heavy atom. The predicted molar refractivity (Wildman–Crippen MR) is 85.7 cm³/mol. The van der Waals surface area contributed by atoms with E-state index in [1.165, 1.54) is 62.5 Å². The monoisotopic (exact) mass is 271 g/mol. The van der Waals surface area contributed by atoms with Crippen molar-refractivity contribution in [3.63, 3.8) is 0 Å². The van der Waals surface area contributed by atoms with E-state index in [2.05, 4.69) is 31.2 Å². The van der Waals surface area contributed by atoms with Crippen molar-refractivity contribution < 1.29 is 0 Å². The average molecular weight is 271 g/mol. The Morgan fingerprint density at radius 2 is 1.75 bits per heavy atom. The summed E-state index contributed by atoms with van der Waals surface area (Å²) >= 11 is 0. The van der Waals surface area contributed by atoms with E-state index < -0.39 is 0 Å². The molecule has 1 nitrogen and oxygen atoms in total. The van der Waals surface area contributed by atoms with Gasteiger partial charge in [-0.05, 0) is 54.6 Å². The highest BCUT2D eigenvalue weighted by Gasteiger charge is 2.27. The zero-order valence-electron chi connectivity index (χ0n) is 12.9. The van der Waals surface area contributed by atoms with Crippen LogP contribution in [0.25, 0.3) is 0 Å². The predicted octanol–water partition coefficient (Wildman–Crippen LogP) is 5.17. The number of nitrogens with two attached hydrogens (primary N) is 1. The van der Waals surface area contributed by atoms with E-state index >= 15 is 0 Å². The smallest absolute Gasteiger partial charge is 0.0323 e. The molecule has 0 radical (unpaired) electrons. The van der Waals surface area contributed by atoms with Crippen molar-refractivity contribution in [2.45, 2.75) is 70.3 Å². The minimum atomic E-state index is 0.250. The van der Waals surface area contributed by atoms with E-state index in [0.29, 0.717) is 5.92 Å². The summed E-state index contributed by atoms with van der Waals surface area (Å²) in [5.74, 6) is 2.44. The molecule has 0 bridgehead atoms. The average Bonchev–Trinajstić information content (AvgIpc) is 2.45. The Balaban J connectivity index is 1.65. The fourth-order valence-electron chi connectivity index (χ4n) is 4.03. The molecule has 2 fully saturated rings. The van der Waals surface area contributed by atoms with E-state index in [1.807, 2.05) is 0 Å². The molecule has 2 aliphatic rings. The van der Waals surface area contributed by atoms with Crippen LogP contribution in [0.4, 0.5) is 0 Å². The Hall–Kier alpha value is -0.820. The van der Waals surface area contributed by atoms with E-state index in [9.17, 15) is 0 Å². The zero-order valence-corrected chi connectivity index (χ0v) is 12.9. The molecule has 0 saturated heterocycles. The summed E-state index contributed by atoms with van der Waals surface area (Å²) < 4.78 is 0. The third-order valence-electron chi connectivity index (χ3n) is 5.81. The quantitative estimate of drug-likeness (QED) is 0.803. The molecule has 0 amide bonds. The molecule has 2 aliphatic carbocycles. The molecule has 3 rings (SSSR count). The summed E-state index contributed by atoms with van der Waals surface area (Å²) in [5, 5.41) is 0. The Bertz CT molecular complexity index is 418. The zero-order chi connectivity index (χ0) is 13.9. The first-order chi connectivity index (χ1) is 9.78. The lowest BCUT2D eigenvalue weighted by Crippen LogP contribution is -2.26. The van der Waals surface area contributed by atoms with Gasteiger partial charge in [0.2, 0.25) is 0 Å². The van der Waals surface area contributed by atoms with Gasteiger partial charge in [-0.25, -0.2) is 0 Å². The first-order valence-electron chi connectivity index (χ1n) is 8.63. The molecule has 2 saturated carbocycles. The molecule has 3 unspecified atom stereocenters. The molecule has 0 heterocycles. The molecular formula is C19H29N. The number of rotatable bonds is 4. The van der Waals surface area contributed by atoms with Gasteiger partial charge in [0.1, 0.15) is 0 Å². The molecule has 3 atom stereocenters. The maximum absolute atomic E-state index is 6.56. The molecule has 1 aromatic carbocycles. The van der Waals surface area contributed by atoms with Gasteiger partial charge in [-0.3, -0.25) is 0 Å². The van der Waals surface area contributed by atoms with Crippen LogP contribution in [0.2, 0.25) is 0 Å². The standard InChI is InChI=1S/C19H29N/c1-2-14-5-3-8-18(13-14)19(20)17-11-9-16(10-12-17)15-6-4-7-15/h9-12,14-15,18-19H,2-8,13,20H2,1H3. The Morgan fingerprint density at radius 3 is 2.35 bits per heavy atom. The maximum atomic E-state index is 6.56. The summed E-state index contributed by atoms with van der Waals surface area (Å²) in [5.41, 5.74) is 9.45. The normalized spacial score (nSPS) is 28.9. The fourth-order valence-corrected chi connectivity index (χ4v) is 4.03. The lowest BCUT2D eigenvalue weighted by molar-refractivity contribution is 0.230. The molecule has 1 heteroatoms. The van der Waals surface area contributed by atoms with Crippen LogP contribution in [-0.2, 0) is 0 Å². The van der Waals surface area contributed by atoms with Crippen molar-refractivity contribution in [3.05, 3.63) is 35.4 Å². The third kappa shape index (κ3) is 2.93. The second-order valence-electron chi connectivity index (χ2n) is 7.02. The maximum Gasteiger partial charge on any atom is 0.0323 e. The lowest BCUT2D eigenvalue weighted by Gasteiger charge is -2.33. The minimum absolute atomic E-state index is 0.250. The lowest BCUT2D eigenvalue weighted by atomic mass is 9.75. The number of hydrogen-bond acceptors (Lipinski definition) is 1. The Labute approximate surface area is 124 Å². The van der Waals surface area contributed by atoms with Crippen molar-refractivity contribution in [3.8, 4) is 0 Å². The molecule has 1 aromatic rings. The first kappa shape index (κ1) is 14.1. The summed E-state index contributed by atoms with van der Waals surface area (Å²) in [7, 11) is 0. The molecular weight excluding hydrogens is 242 g/mol. The van der Waals surface area contributed by atoms with Gasteiger partial charge in [-0.1, -0.05) is 56.9 Å². The van der Waals surface area contributed by atoms with Gasteiger partial charge in [0.05, 0.1) is 0 Å². The molecule has 0 aromatic heterocycles. The summed E-state index contributed by atoms with van der Waals surface area (Å²) in [6, 6.07) is 9.51. The van der Waals surface area contributed by atoms with Crippen LogP contribution in [0.15, 0.2) is 24.3 Å². The molecule has 0 spiro atoms. The van der Waals surface area contributed by atoms with Crippen LogP contribution in [0.5, 0.6) is 0 Å². The van der Waals surface area contributed by atoms with E-state index in [4.69, 9.17) is 5.73 Å². The van der Waals surface area contributed by atoms with Gasteiger partial charge in [0.15, 0.2) is 0 Å². The second-order valence-corrected chi connectivity index (χ2v) is 7.02. The van der Waals surface area contributed by atoms with Crippen LogP contribution in [-0.4, -0.2) is 0 Å². The van der Waals surface area contributed by atoms with E-state index in [-0.39, 0.29) is 6.04 Å². The third-order valence-corrected chi connectivity index (χ3v) is 5.81.